The van der Waals surface area contributed by atoms with Crippen molar-refractivity contribution in [1.82, 2.24) is 0 Å². The van der Waals surface area contributed by atoms with E-state index in [9.17, 15) is 4.79 Å². The second kappa shape index (κ2) is 8.13. The highest BCUT2D eigenvalue weighted by atomic mass is 16.5. The fourth-order valence-corrected chi connectivity index (χ4v) is 2.62. The molecule has 3 rings (SSSR count). The van der Waals surface area contributed by atoms with Gasteiger partial charge in [-0.15, -0.1) is 0 Å². The van der Waals surface area contributed by atoms with Crippen LogP contribution in [0.1, 0.15) is 10.4 Å². The first kappa shape index (κ1) is 17.5. The number of aldehydes is 1. The van der Waals surface area contributed by atoms with Crippen molar-refractivity contribution in [2.75, 3.05) is 21.3 Å². The van der Waals surface area contributed by atoms with Crippen LogP contribution < -0.4 is 15.2 Å². The smallest absolute Gasteiger partial charge is 0.154 e. The van der Waals surface area contributed by atoms with E-state index in [1.54, 1.807) is 14.2 Å². The van der Waals surface area contributed by atoms with Crippen molar-refractivity contribution in [2.45, 2.75) is 0 Å². The van der Waals surface area contributed by atoms with Crippen LogP contribution in [0.2, 0.25) is 0 Å². The third-order valence-corrected chi connectivity index (χ3v) is 3.76. The predicted octanol–water partition coefficient (Wildman–Crippen LogP) is 3.91. The predicted molar refractivity (Wildman–Crippen MR) is 98.0 cm³/mol. The molecule has 0 spiro atoms. The van der Waals surface area contributed by atoms with Crippen molar-refractivity contribution in [2.24, 2.45) is 5.73 Å². The molecule has 0 heterocycles. The Kier molecular flexibility index (Phi) is 5.93. The summed E-state index contributed by atoms with van der Waals surface area (Å²) >= 11 is 0. The second-order valence-electron chi connectivity index (χ2n) is 4.97. The molecule has 124 valence electrons. The second-order valence-corrected chi connectivity index (χ2v) is 4.97. The van der Waals surface area contributed by atoms with Crippen LogP contribution in [-0.4, -0.2) is 27.6 Å². The van der Waals surface area contributed by atoms with Crippen LogP contribution in [0.4, 0.5) is 0 Å². The van der Waals surface area contributed by atoms with E-state index < -0.39 is 0 Å². The molecule has 0 saturated heterocycles. The van der Waals surface area contributed by atoms with Gasteiger partial charge in [-0.2, -0.15) is 0 Å². The van der Waals surface area contributed by atoms with E-state index in [1.165, 1.54) is 7.05 Å². The van der Waals surface area contributed by atoms with Crippen molar-refractivity contribution in [3.05, 3.63) is 60.2 Å². The van der Waals surface area contributed by atoms with E-state index in [0.717, 1.165) is 33.9 Å². The van der Waals surface area contributed by atoms with Crippen LogP contribution in [0.3, 0.4) is 0 Å². The number of carbonyl (C=O) groups is 1. The van der Waals surface area contributed by atoms with Crippen molar-refractivity contribution in [1.29, 1.82) is 0 Å². The molecule has 0 unspecified atom stereocenters. The Morgan fingerprint density at radius 3 is 2.29 bits per heavy atom. The zero-order valence-corrected chi connectivity index (χ0v) is 14.1. The molecule has 0 aliphatic rings. The van der Waals surface area contributed by atoms with Crippen molar-refractivity contribution in [3.8, 4) is 22.6 Å². The molecular formula is C20H21NO3. The highest BCUT2D eigenvalue weighted by Crippen LogP contribution is 2.31. The van der Waals surface area contributed by atoms with Gasteiger partial charge in [-0.3, -0.25) is 4.79 Å². The Bertz CT molecular complexity index is 843. The topological polar surface area (TPSA) is 61.5 Å². The normalized spacial score (nSPS) is 9.83. The van der Waals surface area contributed by atoms with E-state index >= 15 is 0 Å². The highest BCUT2D eigenvalue weighted by Gasteiger charge is 2.09. The third kappa shape index (κ3) is 3.39. The standard InChI is InChI=1S/C19H16O3.CH5N/c1-21-16-5-3-4-13(11-16)14-6-8-17-15(10-14)7-9-19(22-2)18(17)12-20;1-2/h3-12H,1-2H3;2H2,1H3. The summed E-state index contributed by atoms with van der Waals surface area (Å²) in [5.74, 6) is 1.41. The number of methoxy groups -OCH3 is 2. The number of fused-ring (bicyclic) bond motifs is 1. The first-order valence-corrected chi connectivity index (χ1v) is 7.55. The average Bonchev–Trinajstić information content (AvgIpc) is 2.68. The molecule has 0 atom stereocenters. The molecule has 3 aromatic carbocycles. The lowest BCUT2D eigenvalue weighted by Gasteiger charge is -2.10. The summed E-state index contributed by atoms with van der Waals surface area (Å²) in [6.07, 6.45) is 0.840. The van der Waals surface area contributed by atoms with Gasteiger partial charge in [-0.25, -0.2) is 0 Å². The van der Waals surface area contributed by atoms with Crippen LogP contribution in [0.15, 0.2) is 54.6 Å². The maximum atomic E-state index is 11.3. The monoisotopic (exact) mass is 323 g/mol. The first-order valence-electron chi connectivity index (χ1n) is 7.55. The summed E-state index contributed by atoms with van der Waals surface area (Å²) in [5, 5.41) is 1.89. The number of hydrogen-bond donors (Lipinski definition) is 1. The molecule has 24 heavy (non-hydrogen) atoms. The Hall–Kier alpha value is -2.85. The molecule has 0 fully saturated rings. The number of ether oxygens (including phenoxy) is 2. The van der Waals surface area contributed by atoms with Gasteiger partial charge in [0.15, 0.2) is 6.29 Å². The van der Waals surface area contributed by atoms with E-state index in [2.05, 4.69) is 11.8 Å². The van der Waals surface area contributed by atoms with Crippen LogP contribution >= 0.6 is 0 Å². The van der Waals surface area contributed by atoms with E-state index in [1.807, 2.05) is 48.5 Å². The average molecular weight is 323 g/mol. The minimum absolute atomic E-state index is 0.581. The summed E-state index contributed by atoms with van der Waals surface area (Å²) in [6, 6.07) is 17.7. The number of hydrogen-bond acceptors (Lipinski definition) is 4. The summed E-state index contributed by atoms with van der Waals surface area (Å²) in [7, 11) is 4.72. The van der Waals surface area contributed by atoms with Gasteiger partial charge >= 0.3 is 0 Å². The SMILES string of the molecule is CN.COc1cccc(-c2ccc3c(C=O)c(OC)ccc3c2)c1. The minimum atomic E-state index is 0.581. The molecule has 2 N–H and O–H groups in total. The Labute approximate surface area is 141 Å². The molecule has 0 amide bonds. The van der Waals surface area contributed by atoms with Crippen molar-refractivity contribution in [3.63, 3.8) is 0 Å². The molecule has 4 heteroatoms. The van der Waals surface area contributed by atoms with Gasteiger partial charge in [0.25, 0.3) is 0 Å². The Morgan fingerprint density at radius 1 is 0.875 bits per heavy atom. The Balaban J connectivity index is 0.00000100. The Morgan fingerprint density at radius 2 is 1.62 bits per heavy atom. The molecule has 3 aromatic rings. The molecular weight excluding hydrogens is 302 g/mol. The lowest BCUT2D eigenvalue weighted by molar-refractivity contribution is 0.112. The van der Waals surface area contributed by atoms with Crippen molar-refractivity contribution < 1.29 is 14.3 Å². The molecule has 0 saturated carbocycles. The molecule has 0 aromatic heterocycles. The molecule has 0 aliphatic carbocycles. The van der Waals surface area contributed by atoms with E-state index in [-0.39, 0.29) is 0 Å². The van der Waals surface area contributed by atoms with Gasteiger partial charge in [0, 0.05) is 0 Å². The van der Waals surface area contributed by atoms with Crippen LogP contribution in [0, 0.1) is 0 Å². The molecule has 0 bridgehead atoms. The number of rotatable bonds is 4. The van der Waals surface area contributed by atoms with Crippen LogP contribution in [-0.2, 0) is 0 Å². The van der Waals surface area contributed by atoms with Crippen LogP contribution in [0.25, 0.3) is 21.9 Å². The summed E-state index contributed by atoms with van der Waals surface area (Å²) in [6.45, 7) is 0. The quantitative estimate of drug-likeness (QED) is 0.739. The molecule has 0 radical (unpaired) electrons. The lowest BCUT2D eigenvalue weighted by atomic mass is 9.98. The zero-order valence-electron chi connectivity index (χ0n) is 14.1. The number of benzene rings is 3. The number of carbonyl (C=O) groups excluding carboxylic acids is 1. The third-order valence-electron chi connectivity index (χ3n) is 3.76. The van der Waals surface area contributed by atoms with Gasteiger partial charge in [-0.1, -0.05) is 30.3 Å². The summed E-state index contributed by atoms with van der Waals surface area (Å²) in [5.41, 5.74) is 7.23. The molecule has 0 aliphatic heterocycles. The van der Waals surface area contributed by atoms with Crippen LogP contribution in [0.5, 0.6) is 11.5 Å². The van der Waals surface area contributed by atoms with Gasteiger partial charge < -0.3 is 15.2 Å². The fraction of sp³-hybridized carbons (Fsp3) is 0.150. The van der Waals surface area contributed by atoms with Gasteiger partial charge in [0.1, 0.15) is 11.5 Å². The van der Waals surface area contributed by atoms with E-state index in [0.29, 0.717) is 11.3 Å². The van der Waals surface area contributed by atoms with Crippen molar-refractivity contribution >= 4 is 17.1 Å². The number of nitrogens with two attached hydrogens (primary N) is 1. The maximum absolute atomic E-state index is 11.3. The van der Waals surface area contributed by atoms with E-state index in [4.69, 9.17) is 9.47 Å². The fourth-order valence-electron chi connectivity index (χ4n) is 2.62. The first-order chi connectivity index (χ1) is 11.8. The minimum Gasteiger partial charge on any atom is -0.497 e. The van der Waals surface area contributed by atoms with Gasteiger partial charge in [0.05, 0.1) is 19.8 Å². The maximum Gasteiger partial charge on any atom is 0.154 e. The highest BCUT2D eigenvalue weighted by molar-refractivity contribution is 6.02. The summed E-state index contributed by atoms with van der Waals surface area (Å²) in [4.78, 5) is 11.3. The summed E-state index contributed by atoms with van der Waals surface area (Å²) < 4.78 is 10.5. The van der Waals surface area contributed by atoms with Gasteiger partial charge in [0.2, 0.25) is 0 Å². The lowest BCUT2D eigenvalue weighted by Crippen LogP contribution is -1.92. The largest absolute Gasteiger partial charge is 0.497 e. The zero-order chi connectivity index (χ0) is 17.5. The van der Waals surface area contributed by atoms with Gasteiger partial charge in [-0.05, 0) is 53.2 Å². The molecule has 4 nitrogen and oxygen atoms in total.